The molecule has 0 fully saturated rings. The molecule has 3 rings (SSSR count). The van der Waals surface area contributed by atoms with E-state index in [4.69, 9.17) is 0 Å². The second-order valence-electron chi connectivity index (χ2n) is 6.29. The zero-order chi connectivity index (χ0) is 19.7. The predicted octanol–water partition coefficient (Wildman–Crippen LogP) is 4.88. The van der Waals surface area contributed by atoms with E-state index in [0.717, 1.165) is 12.1 Å². The Morgan fingerprint density at radius 2 is 1.41 bits per heavy atom. The summed E-state index contributed by atoms with van der Waals surface area (Å²) in [6.07, 6.45) is -3.18. The van der Waals surface area contributed by atoms with Gasteiger partial charge >= 0.3 is 6.18 Å². The van der Waals surface area contributed by atoms with E-state index in [-0.39, 0.29) is 5.06 Å². The molecule has 0 bridgehead atoms. The Balaban J connectivity index is 0.000000219. The van der Waals surface area contributed by atoms with Gasteiger partial charge in [0.05, 0.1) is 18.7 Å². The van der Waals surface area contributed by atoms with Crippen molar-refractivity contribution in [3.05, 3.63) is 89.1 Å². The summed E-state index contributed by atoms with van der Waals surface area (Å²) in [5, 5.41) is 13.8. The van der Waals surface area contributed by atoms with Crippen molar-refractivity contribution in [2.45, 2.75) is 25.9 Å². The molecule has 0 aliphatic carbocycles. The standard InChI is InChI=1S/C12H16F3NO.C10H8/c1-2-16(17)8-4-6-10-5-3-7-11(9-10)12(13,14)15;1-2-6-10-8-4-3-7-9(10)5-1/h3,5,7,9,16H,2,4,6,8H2,1H3;1-8H. The van der Waals surface area contributed by atoms with E-state index >= 15 is 0 Å². The van der Waals surface area contributed by atoms with E-state index in [2.05, 4.69) is 48.5 Å². The first-order valence-corrected chi connectivity index (χ1v) is 9.01. The lowest BCUT2D eigenvalue weighted by molar-refractivity contribution is -0.846. The number of hydrogen-bond acceptors (Lipinski definition) is 1. The number of hydrogen-bond donors (Lipinski definition) is 1. The Kier molecular flexibility index (Phi) is 7.82. The maximum absolute atomic E-state index is 12.4. The summed E-state index contributed by atoms with van der Waals surface area (Å²) >= 11 is 0. The Labute approximate surface area is 157 Å². The van der Waals surface area contributed by atoms with Crippen LogP contribution >= 0.6 is 0 Å². The highest BCUT2D eigenvalue weighted by atomic mass is 19.4. The van der Waals surface area contributed by atoms with Crippen molar-refractivity contribution in [2.75, 3.05) is 13.1 Å². The number of hydroxylamine groups is 2. The monoisotopic (exact) mass is 375 g/mol. The quantitative estimate of drug-likeness (QED) is 0.633. The minimum Gasteiger partial charge on any atom is -0.634 e. The average molecular weight is 375 g/mol. The van der Waals surface area contributed by atoms with E-state index in [1.54, 1.807) is 13.0 Å². The summed E-state index contributed by atoms with van der Waals surface area (Å²) in [6.45, 7) is 2.71. The van der Waals surface area contributed by atoms with Gasteiger partial charge in [0.25, 0.3) is 0 Å². The Hall–Kier alpha value is -2.37. The predicted molar refractivity (Wildman–Crippen MR) is 103 cm³/mol. The van der Waals surface area contributed by atoms with Gasteiger partial charge in [-0.2, -0.15) is 13.2 Å². The second kappa shape index (κ2) is 10.1. The fourth-order valence-electron chi connectivity index (χ4n) is 2.70. The van der Waals surface area contributed by atoms with Crippen LogP contribution in [0.2, 0.25) is 0 Å². The number of quaternary nitrogens is 1. The molecular weight excluding hydrogens is 351 g/mol. The molecule has 1 unspecified atom stereocenters. The van der Waals surface area contributed by atoms with Gasteiger partial charge in [-0.1, -0.05) is 66.7 Å². The van der Waals surface area contributed by atoms with Crippen LogP contribution in [0.1, 0.15) is 24.5 Å². The molecular formula is C22H24F3NO. The molecule has 3 aromatic carbocycles. The molecule has 1 N–H and O–H groups in total. The zero-order valence-electron chi connectivity index (χ0n) is 15.3. The van der Waals surface area contributed by atoms with Crippen molar-refractivity contribution in [2.24, 2.45) is 0 Å². The number of benzene rings is 3. The number of alkyl halides is 3. The second-order valence-corrected chi connectivity index (χ2v) is 6.29. The fourth-order valence-corrected chi connectivity index (χ4v) is 2.70. The summed E-state index contributed by atoms with van der Waals surface area (Å²) in [5.74, 6) is 0. The van der Waals surface area contributed by atoms with Crippen molar-refractivity contribution < 1.29 is 18.2 Å². The summed E-state index contributed by atoms with van der Waals surface area (Å²) in [5.41, 5.74) is 0.000506. The summed E-state index contributed by atoms with van der Waals surface area (Å²) in [4.78, 5) is 0. The first kappa shape index (κ1) is 20.9. The number of rotatable bonds is 5. The van der Waals surface area contributed by atoms with Gasteiger partial charge in [-0.25, -0.2) is 0 Å². The molecule has 0 radical (unpaired) electrons. The molecule has 1 atom stereocenters. The van der Waals surface area contributed by atoms with E-state index in [1.165, 1.54) is 16.8 Å². The normalized spacial score (nSPS) is 12.3. The molecule has 0 aliphatic heterocycles. The molecule has 0 saturated carbocycles. The van der Waals surface area contributed by atoms with Crippen LogP contribution in [-0.2, 0) is 12.6 Å². The van der Waals surface area contributed by atoms with Gasteiger partial charge in [-0.05, 0) is 35.7 Å². The molecule has 0 saturated heterocycles. The highest BCUT2D eigenvalue weighted by Gasteiger charge is 2.30. The number of fused-ring (bicyclic) bond motifs is 1. The molecule has 0 aliphatic rings. The van der Waals surface area contributed by atoms with Crippen molar-refractivity contribution in [3.63, 3.8) is 0 Å². The van der Waals surface area contributed by atoms with Gasteiger partial charge in [0.15, 0.2) is 0 Å². The van der Waals surface area contributed by atoms with E-state index in [0.29, 0.717) is 31.5 Å². The van der Waals surface area contributed by atoms with Crippen LogP contribution in [0.3, 0.4) is 0 Å². The third kappa shape index (κ3) is 7.04. The minimum atomic E-state index is -4.30. The lowest BCUT2D eigenvalue weighted by Crippen LogP contribution is -3.06. The van der Waals surface area contributed by atoms with Crippen molar-refractivity contribution >= 4 is 10.8 Å². The Morgan fingerprint density at radius 3 is 1.89 bits per heavy atom. The van der Waals surface area contributed by atoms with Crippen LogP contribution < -0.4 is 5.06 Å². The minimum absolute atomic E-state index is 0.150. The van der Waals surface area contributed by atoms with E-state index in [9.17, 15) is 18.4 Å². The number of aryl methyl sites for hydroxylation is 1. The summed E-state index contributed by atoms with van der Waals surface area (Å²) < 4.78 is 37.3. The van der Waals surface area contributed by atoms with Crippen molar-refractivity contribution in [1.29, 1.82) is 0 Å². The van der Waals surface area contributed by atoms with Gasteiger partial charge in [0, 0.05) is 6.42 Å². The molecule has 5 heteroatoms. The molecule has 0 aromatic heterocycles. The molecule has 0 heterocycles. The van der Waals surface area contributed by atoms with E-state index in [1.807, 2.05) is 0 Å². The smallest absolute Gasteiger partial charge is 0.416 e. The Morgan fingerprint density at radius 1 is 0.852 bits per heavy atom. The van der Waals surface area contributed by atoms with Crippen molar-refractivity contribution in [3.8, 4) is 0 Å². The maximum Gasteiger partial charge on any atom is 0.416 e. The first-order chi connectivity index (χ1) is 12.9. The molecule has 0 spiro atoms. The van der Waals surface area contributed by atoms with Crippen LogP contribution in [0.25, 0.3) is 10.8 Å². The molecule has 27 heavy (non-hydrogen) atoms. The van der Waals surface area contributed by atoms with Crippen LogP contribution in [-0.4, -0.2) is 13.1 Å². The summed E-state index contributed by atoms with van der Waals surface area (Å²) in [6, 6.07) is 22.0. The topological polar surface area (TPSA) is 27.5 Å². The van der Waals surface area contributed by atoms with Gasteiger partial charge in [0.1, 0.15) is 0 Å². The molecule has 0 amide bonds. The highest BCUT2D eigenvalue weighted by Crippen LogP contribution is 2.29. The lowest BCUT2D eigenvalue weighted by Gasteiger charge is -2.19. The maximum atomic E-state index is 12.4. The van der Waals surface area contributed by atoms with Crippen LogP contribution in [0.5, 0.6) is 0 Å². The first-order valence-electron chi connectivity index (χ1n) is 9.01. The molecule has 144 valence electrons. The van der Waals surface area contributed by atoms with Crippen LogP contribution in [0, 0.1) is 5.21 Å². The van der Waals surface area contributed by atoms with Crippen molar-refractivity contribution in [1.82, 2.24) is 0 Å². The third-order valence-corrected chi connectivity index (χ3v) is 4.23. The van der Waals surface area contributed by atoms with Gasteiger partial charge in [-0.3, -0.25) is 0 Å². The molecule has 3 aromatic rings. The van der Waals surface area contributed by atoms with Gasteiger partial charge in [-0.15, -0.1) is 0 Å². The average Bonchev–Trinajstić information content (AvgIpc) is 2.68. The largest absolute Gasteiger partial charge is 0.634 e. The Bertz CT molecular complexity index is 767. The highest BCUT2D eigenvalue weighted by molar-refractivity contribution is 5.81. The fraction of sp³-hybridized carbons (Fsp3) is 0.273. The van der Waals surface area contributed by atoms with Crippen LogP contribution in [0.4, 0.5) is 13.2 Å². The van der Waals surface area contributed by atoms with Gasteiger partial charge in [0.2, 0.25) is 0 Å². The number of nitrogens with one attached hydrogen (secondary N) is 1. The van der Waals surface area contributed by atoms with Gasteiger partial charge < -0.3 is 10.3 Å². The number of halogens is 3. The SMILES string of the molecule is CC[NH+]([O-])CCCc1cccc(C(F)(F)F)c1.c1ccc2ccccc2c1. The van der Waals surface area contributed by atoms with E-state index < -0.39 is 11.7 Å². The third-order valence-electron chi connectivity index (χ3n) is 4.23. The zero-order valence-corrected chi connectivity index (χ0v) is 15.3. The lowest BCUT2D eigenvalue weighted by atomic mass is 10.1. The summed E-state index contributed by atoms with van der Waals surface area (Å²) in [7, 11) is 0. The molecule has 2 nitrogen and oxygen atoms in total. The van der Waals surface area contributed by atoms with Crippen LogP contribution in [0.15, 0.2) is 72.8 Å².